The van der Waals surface area contributed by atoms with E-state index in [1.807, 2.05) is 38.1 Å². The third kappa shape index (κ3) is 5.69. The number of nitrogens with zero attached hydrogens (tertiary/aromatic N) is 2. The zero-order valence-electron chi connectivity index (χ0n) is 13.6. The summed E-state index contributed by atoms with van der Waals surface area (Å²) in [6.45, 7) is 7.78. The van der Waals surface area contributed by atoms with E-state index in [2.05, 4.69) is 16.9 Å². The summed E-state index contributed by atoms with van der Waals surface area (Å²) in [5.74, 6) is 1.43. The molecule has 0 saturated carbocycles. The molecule has 5 heteroatoms. The SMILES string of the molecule is CCOc1ncccc1CC.CCOc1ncccc1CN. The monoisotopic (exact) mass is 303 g/mol. The summed E-state index contributed by atoms with van der Waals surface area (Å²) >= 11 is 0. The summed E-state index contributed by atoms with van der Waals surface area (Å²) in [5.41, 5.74) is 7.59. The molecule has 2 N–H and O–H groups in total. The molecule has 2 aromatic rings. The second kappa shape index (κ2) is 10.6. The Morgan fingerprint density at radius 2 is 1.36 bits per heavy atom. The molecule has 0 aromatic carbocycles. The second-order valence-electron chi connectivity index (χ2n) is 4.36. The lowest BCUT2D eigenvalue weighted by Gasteiger charge is -2.05. The summed E-state index contributed by atoms with van der Waals surface area (Å²) in [6.07, 6.45) is 4.43. The normalized spacial score (nSPS) is 9.64. The number of aryl methyl sites for hydroxylation is 1. The molecule has 0 aliphatic rings. The summed E-state index contributed by atoms with van der Waals surface area (Å²) in [7, 11) is 0. The van der Waals surface area contributed by atoms with Gasteiger partial charge in [-0.15, -0.1) is 0 Å². The molecule has 120 valence electrons. The Bertz CT molecular complexity index is 497. The van der Waals surface area contributed by atoms with Crippen molar-refractivity contribution in [3.8, 4) is 11.8 Å². The van der Waals surface area contributed by atoms with Gasteiger partial charge in [0.15, 0.2) is 0 Å². The highest BCUT2D eigenvalue weighted by Gasteiger charge is 2.00. The average Bonchev–Trinajstić information content (AvgIpc) is 2.57. The first-order chi connectivity index (χ1) is 10.8. The van der Waals surface area contributed by atoms with E-state index in [1.165, 1.54) is 5.56 Å². The van der Waals surface area contributed by atoms with Crippen LogP contribution in [0.25, 0.3) is 0 Å². The molecule has 0 aliphatic carbocycles. The van der Waals surface area contributed by atoms with Gasteiger partial charge in [0, 0.05) is 30.1 Å². The average molecular weight is 303 g/mol. The largest absolute Gasteiger partial charge is 0.478 e. The van der Waals surface area contributed by atoms with Gasteiger partial charge in [-0.3, -0.25) is 0 Å². The number of hydrogen-bond acceptors (Lipinski definition) is 5. The van der Waals surface area contributed by atoms with Crippen LogP contribution in [0.5, 0.6) is 11.8 Å². The maximum atomic E-state index is 5.46. The van der Waals surface area contributed by atoms with Crippen molar-refractivity contribution in [2.24, 2.45) is 5.73 Å². The molecule has 0 atom stereocenters. The van der Waals surface area contributed by atoms with Gasteiger partial charge in [0.2, 0.25) is 11.8 Å². The molecule has 0 unspecified atom stereocenters. The fourth-order valence-corrected chi connectivity index (χ4v) is 1.81. The molecule has 22 heavy (non-hydrogen) atoms. The van der Waals surface area contributed by atoms with Crippen LogP contribution in [0.1, 0.15) is 31.9 Å². The predicted octanol–water partition coefficient (Wildman–Crippen LogP) is 2.98. The van der Waals surface area contributed by atoms with E-state index in [0.29, 0.717) is 25.6 Å². The number of aromatic nitrogens is 2. The standard InChI is InChI=1S/C9H13NO.C8H12N2O/c1-3-8-6-5-7-10-9(8)11-4-2;1-2-11-8-7(6-9)4-3-5-10-8/h5-7H,3-4H2,1-2H3;3-5H,2,6,9H2,1H3. The quantitative estimate of drug-likeness (QED) is 0.888. The van der Waals surface area contributed by atoms with E-state index < -0.39 is 0 Å². The fraction of sp³-hybridized carbons (Fsp3) is 0.412. The highest BCUT2D eigenvalue weighted by Crippen LogP contribution is 2.14. The van der Waals surface area contributed by atoms with Gasteiger partial charge in [0.05, 0.1) is 13.2 Å². The van der Waals surface area contributed by atoms with Crippen LogP contribution in [0.3, 0.4) is 0 Å². The van der Waals surface area contributed by atoms with Crippen molar-refractivity contribution in [1.82, 2.24) is 9.97 Å². The Labute approximate surface area is 132 Å². The zero-order chi connectivity index (χ0) is 16.2. The molecule has 0 radical (unpaired) electrons. The third-order valence-electron chi connectivity index (χ3n) is 2.86. The molecular weight excluding hydrogens is 278 g/mol. The van der Waals surface area contributed by atoms with Crippen molar-refractivity contribution >= 4 is 0 Å². The lowest BCUT2D eigenvalue weighted by Crippen LogP contribution is -2.03. The highest BCUT2D eigenvalue weighted by molar-refractivity contribution is 5.25. The lowest BCUT2D eigenvalue weighted by molar-refractivity contribution is 0.323. The smallest absolute Gasteiger partial charge is 0.217 e. The summed E-state index contributed by atoms with van der Waals surface area (Å²) in [6, 6.07) is 7.74. The van der Waals surface area contributed by atoms with Crippen LogP contribution >= 0.6 is 0 Å². The van der Waals surface area contributed by atoms with E-state index in [1.54, 1.807) is 12.4 Å². The number of ether oxygens (including phenoxy) is 2. The van der Waals surface area contributed by atoms with Crippen LogP contribution < -0.4 is 15.2 Å². The maximum absolute atomic E-state index is 5.46. The van der Waals surface area contributed by atoms with Gasteiger partial charge in [-0.2, -0.15) is 0 Å². The fourth-order valence-electron chi connectivity index (χ4n) is 1.81. The maximum Gasteiger partial charge on any atom is 0.217 e. The summed E-state index contributed by atoms with van der Waals surface area (Å²) in [4.78, 5) is 8.15. The molecule has 0 amide bonds. The van der Waals surface area contributed by atoms with E-state index in [4.69, 9.17) is 15.2 Å². The third-order valence-corrected chi connectivity index (χ3v) is 2.86. The van der Waals surface area contributed by atoms with Crippen molar-refractivity contribution in [3.05, 3.63) is 47.8 Å². The Hall–Kier alpha value is -2.14. The second-order valence-corrected chi connectivity index (χ2v) is 4.36. The van der Waals surface area contributed by atoms with Crippen molar-refractivity contribution in [2.45, 2.75) is 33.7 Å². The van der Waals surface area contributed by atoms with Gasteiger partial charge >= 0.3 is 0 Å². The van der Waals surface area contributed by atoms with Crippen LogP contribution in [-0.4, -0.2) is 23.2 Å². The van der Waals surface area contributed by atoms with E-state index in [-0.39, 0.29) is 0 Å². The number of nitrogens with two attached hydrogens (primary N) is 1. The summed E-state index contributed by atoms with van der Waals surface area (Å²) < 4.78 is 10.6. The zero-order valence-corrected chi connectivity index (χ0v) is 13.6. The van der Waals surface area contributed by atoms with Crippen LogP contribution in [0.15, 0.2) is 36.7 Å². The van der Waals surface area contributed by atoms with Gasteiger partial charge in [0.1, 0.15) is 0 Å². The molecule has 0 spiro atoms. The molecule has 2 aromatic heterocycles. The minimum Gasteiger partial charge on any atom is -0.478 e. The molecule has 0 fully saturated rings. The van der Waals surface area contributed by atoms with Crippen LogP contribution in [0.2, 0.25) is 0 Å². The van der Waals surface area contributed by atoms with Crippen LogP contribution in [0, 0.1) is 0 Å². The van der Waals surface area contributed by atoms with Gasteiger partial charge in [-0.05, 0) is 32.4 Å². The van der Waals surface area contributed by atoms with E-state index >= 15 is 0 Å². The molecule has 0 bridgehead atoms. The van der Waals surface area contributed by atoms with E-state index in [9.17, 15) is 0 Å². The Balaban J connectivity index is 0.000000220. The van der Waals surface area contributed by atoms with Crippen molar-refractivity contribution < 1.29 is 9.47 Å². The number of rotatable bonds is 6. The Morgan fingerprint density at radius 3 is 1.82 bits per heavy atom. The van der Waals surface area contributed by atoms with E-state index in [0.717, 1.165) is 17.9 Å². The molecule has 0 aliphatic heterocycles. The minimum atomic E-state index is 0.475. The van der Waals surface area contributed by atoms with Crippen molar-refractivity contribution in [3.63, 3.8) is 0 Å². The molecule has 2 rings (SSSR count). The van der Waals surface area contributed by atoms with Crippen LogP contribution in [0.4, 0.5) is 0 Å². The molecular formula is C17H25N3O2. The van der Waals surface area contributed by atoms with Crippen molar-refractivity contribution in [2.75, 3.05) is 13.2 Å². The highest BCUT2D eigenvalue weighted by atomic mass is 16.5. The van der Waals surface area contributed by atoms with Crippen LogP contribution in [-0.2, 0) is 13.0 Å². The van der Waals surface area contributed by atoms with Gasteiger partial charge in [-0.1, -0.05) is 19.1 Å². The Morgan fingerprint density at radius 1 is 0.864 bits per heavy atom. The molecule has 5 nitrogen and oxygen atoms in total. The Kier molecular flexibility index (Phi) is 8.60. The lowest BCUT2D eigenvalue weighted by atomic mass is 10.2. The van der Waals surface area contributed by atoms with Gasteiger partial charge < -0.3 is 15.2 Å². The molecule has 0 saturated heterocycles. The first-order valence-electron chi connectivity index (χ1n) is 7.60. The van der Waals surface area contributed by atoms with Gasteiger partial charge in [0.25, 0.3) is 0 Å². The topological polar surface area (TPSA) is 70.3 Å². The predicted molar refractivity (Wildman–Crippen MR) is 88.1 cm³/mol. The van der Waals surface area contributed by atoms with Gasteiger partial charge in [-0.25, -0.2) is 9.97 Å². The number of hydrogen-bond donors (Lipinski definition) is 1. The number of pyridine rings is 2. The first kappa shape index (κ1) is 17.9. The minimum absolute atomic E-state index is 0.475. The van der Waals surface area contributed by atoms with Crippen molar-refractivity contribution in [1.29, 1.82) is 0 Å². The molecule has 2 heterocycles. The summed E-state index contributed by atoms with van der Waals surface area (Å²) in [5, 5.41) is 0. The first-order valence-corrected chi connectivity index (χ1v) is 7.60.